The number of esters is 1. The third kappa shape index (κ3) is 10.7. The van der Waals surface area contributed by atoms with E-state index in [-0.39, 0.29) is 25.7 Å². The Kier molecular flexibility index (Phi) is 5.73. The smallest absolute Gasteiger partial charge is 0.422 e. The second kappa shape index (κ2) is 6.26. The van der Waals surface area contributed by atoms with Crippen LogP contribution < -0.4 is 5.11 Å². The number of unbranched alkanes of at least 4 members (excludes halogenated alkanes) is 1. The van der Waals surface area contributed by atoms with Crippen LogP contribution in [0.4, 0.5) is 13.2 Å². The minimum atomic E-state index is -4.53. The van der Waals surface area contributed by atoms with Gasteiger partial charge in [-0.1, -0.05) is 0 Å². The van der Waals surface area contributed by atoms with Crippen molar-refractivity contribution in [2.45, 2.75) is 31.9 Å². The van der Waals surface area contributed by atoms with Crippen molar-refractivity contribution >= 4 is 11.9 Å². The molecule has 0 aliphatic carbocycles. The number of carboxylic acid groups (broad SMARTS) is 1. The summed E-state index contributed by atoms with van der Waals surface area (Å²) in [5.41, 5.74) is 0. The van der Waals surface area contributed by atoms with E-state index in [4.69, 9.17) is 0 Å². The molecule has 0 N–H and O–H groups in total. The summed E-state index contributed by atoms with van der Waals surface area (Å²) in [4.78, 5) is 20.6. The van der Waals surface area contributed by atoms with Crippen molar-refractivity contribution in [1.29, 1.82) is 0 Å². The zero-order chi connectivity index (χ0) is 11.9. The molecule has 0 spiro atoms. The van der Waals surface area contributed by atoms with Crippen LogP contribution in [-0.4, -0.2) is 24.7 Å². The first-order valence-corrected chi connectivity index (χ1v) is 4.23. The van der Waals surface area contributed by atoms with Crippen LogP contribution in [0, 0.1) is 0 Å². The molecule has 0 amide bonds. The Labute approximate surface area is 84.0 Å². The van der Waals surface area contributed by atoms with Crippen LogP contribution in [0.15, 0.2) is 0 Å². The second-order valence-corrected chi connectivity index (χ2v) is 2.85. The van der Waals surface area contributed by atoms with E-state index in [0.717, 1.165) is 0 Å². The number of carbonyl (C=O) groups is 2. The van der Waals surface area contributed by atoms with Crippen molar-refractivity contribution in [3.8, 4) is 0 Å². The van der Waals surface area contributed by atoms with Gasteiger partial charge in [0.25, 0.3) is 0 Å². The maximum atomic E-state index is 11.5. The molecule has 7 heteroatoms. The first-order chi connectivity index (χ1) is 6.81. The van der Waals surface area contributed by atoms with Gasteiger partial charge in [0.05, 0.1) is 0 Å². The van der Waals surface area contributed by atoms with Crippen LogP contribution in [-0.2, 0) is 14.3 Å². The van der Waals surface area contributed by atoms with Crippen LogP contribution in [0.2, 0.25) is 0 Å². The van der Waals surface area contributed by atoms with E-state index < -0.39 is 24.7 Å². The van der Waals surface area contributed by atoms with Gasteiger partial charge < -0.3 is 14.6 Å². The molecule has 0 radical (unpaired) electrons. The minimum Gasteiger partial charge on any atom is -0.550 e. The van der Waals surface area contributed by atoms with Gasteiger partial charge in [0, 0.05) is 12.4 Å². The van der Waals surface area contributed by atoms with Crippen LogP contribution in [0.5, 0.6) is 0 Å². The van der Waals surface area contributed by atoms with Gasteiger partial charge in [-0.15, -0.1) is 0 Å². The Hall–Kier alpha value is -1.27. The zero-order valence-corrected chi connectivity index (χ0v) is 7.80. The van der Waals surface area contributed by atoms with Gasteiger partial charge in [0.2, 0.25) is 0 Å². The van der Waals surface area contributed by atoms with Crippen LogP contribution in [0.3, 0.4) is 0 Å². The number of carbonyl (C=O) groups excluding carboxylic acids is 2. The molecule has 0 saturated heterocycles. The lowest BCUT2D eigenvalue weighted by molar-refractivity contribution is -0.305. The van der Waals surface area contributed by atoms with E-state index >= 15 is 0 Å². The number of halogens is 3. The van der Waals surface area contributed by atoms with E-state index in [9.17, 15) is 27.9 Å². The first kappa shape index (κ1) is 13.7. The van der Waals surface area contributed by atoms with E-state index in [0.29, 0.717) is 0 Å². The molecule has 0 bridgehead atoms. The molecule has 0 aromatic heterocycles. The highest BCUT2D eigenvalue weighted by molar-refractivity contribution is 5.69. The third-order valence-electron chi connectivity index (χ3n) is 1.41. The maximum Gasteiger partial charge on any atom is 0.422 e. The summed E-state index contributed by atoms with van der Waals surface area (Å²) in [5, 5.41) is 9.93. The summed E-state index contributed by atoms with van der Waals surface area (Å²) < 4.78 is 38.5. The summed E-state index contributed by atoms with van der Waals surface area (Å²) in [5.74, 6) is -2.23. The lowest BCUT2D eigenvalue weighted by atomic mass is 10.2. The number of hydrogen-bond donors (Lipinski definition) is 0. The summed E-state index contributed by atoms with van der Waals surface area (Å²) in [6.07, 6.45) is -4.61. The number of aliphatic carboxylic acids is 1. The molecule has 0 saturated carbocycles. The van der Waals surface area contributed by atoms with Gasteiger partial charge in [0.15, 0.2) is 6.61 Å². The Morgan fingerprint density at radius 1 is 1.13 bits per heavy atom. The molecule has 0 atom stereocenters. The average molecular weight is 227 g/mol. The van der Waals surface area contributed by atoms with Crippen molar-refractivity contribution in [3.05, 3.63) is 0 Å². The number of ether oxygens (including phenoxy) is 1. The molecule has 0 aliphatic rings. The SMILES string of the molecule is O=C([O-])CCCCC(=O)OCC(F)(F)F. The highest BCUT2D eigenvalue weighted by Crippen LogP contribution is 2.15. The molecule has 0 fully saturated rings. The zero-order valence-electron chi connectivity index (χ0n) is 7.80. The summed E-state index contributed by atoms with van der Waals surface area (Å²) in [7, 11) is 0. The third-order valence-corrected chi connectivity index (χ3v) is 1.41. The number of rotatable bonds is 6. The second-order valence-electron chi connectivity index (χ2n) is 2.85. The fraction of sp³-hybridized carbons (Fsp3) is 0.750. The number of alkyl halides is 3. The molecule has 0 rings (SSSR count). The Balaban J connectivity index is 3.46. The van der Waals surface area contributed by atoms with E-state index in [1.54, 1.807) is 0 Å². The molecular formula is C8H10F3O4-. The van der Waals surface area contributed by atoms with Crippen molar-refractivity contribution in [2.24, 2.45) is 0 Å². The van der Waals surface area contributed by atoms with Crippen LogP contribution >= 0.6 is 0 Å². The van der Waals surface area contributed by atoms with Gasteiger partial charge in [0.1, 0.15) is 0 Å². The highest BCUT2D eigenvalue weighted by Gasteiger charge is 2.29. The molecule has 4 nitrogen and oxygen atoms in total. The minimum absolute atomic E-state index is 0.171. The predicted octanol–water partition coefficient (Wildman–Crippen LogP) is 0.402. The monoisotopic (exact) mass is 227 g/mol. The first-order valence-electron chi connectivity index (χ1n) is 4.23. The van der Waals surface area contributed by atoms with Crippen LogP contribution in [0.25, 0.3) is 0 Å². The Morgan fingerprint density at radius 2 is 1.67 bits per heavy atom. The molecule has 15 heavy (non-hydrogen) atoms. The van der Waals surface area contributed by atoms with Crippen molar-refractivity contribution < 1.29 is 32.6 Å². The molecule has 88 valence electrons. The molecular weight excluding hydrogens is 217 g/mol. The molecule has 0 aromatic carbocycles. The lowest BCUT2D eigenvalue weighted by Crippen LogP contribution is -2.22. The maximum absolute atomic E-state index is 11.5. The fourth-order valence-corrected chi connectivity index (χ4v) is 0.773. The number of carboxylic acids is 1. The fourth-order valence-electron chi connectivity index (χ4n) is 0.773. The topological polar surface area (TPSA) is 66.4 Å². The lowest BCUT2D eigenvalue weighted by Gasteiger charge is -2.07. The average Bonchev–Trinajstić information content (AvgIpc) is 2.07. The summed E-state index contributed by atoms with van der Waals surface area (Å²) in [6, 6.07) is 0. The molecule has 0 aromatic rings. The standard InChI is InChI=1S/C8H11F3O4/c9-8(10,11)5-15-7(14)4-2-1-3-6(12)13/h1-5H2,(H,12,13)/p-1. The van der Waals surface area contributed by atoms with Crippen molar-refractivity contribution in [2.75, 3.05) is 6.61 Å². The van der Waals surface area contributed by atoms with Crippen molar-refractivity contribution in [3.63, 3.8) is 0 Å². The van der Waals surface area contributed by atoms with Crippen molar-refractivity contribution in [1.82, 2.24) is 0 Å². The van der Waals surface area contributed by atoms with Gasteiger partial charge in [-0.25, -0.2) is 0 Å². The van der Waals surface area contributed by atoms with E-state index in [2.05, 4.69) is 4.74 Å². The highest BCUT2D eigenvalue weighted by atomic mass is 19.4. The summed E-state index contributed by atoms with van der Waals surface area (Å²) >= 11 is 0. The van der Waals surface area contributed by atoms with E-state index in [1.165, 1.54) is 0 Å². The molecule has 0 heterocycles. The van der Waals surface area contributed by atoms with Gasteiger partial charge in [-0.3, -0.25) is 4.79 Å². The number of hydrogen-bond acceptors (Lipinski definition) is 4. The van der Waals surface area contributed by atoms with Gasteiger partial charge >= 0.3 is 12.1 Å². The molecule has 0 unspecified atom stereocenters. The normalized spacial score (nSPS) is 11.1. The van der Waals surface area contributed by atoms with Gasteiger partial charge in [-0.2, -0.15) is 13.2 Å². The largest absolute Gasteiger partial charge is 0.550 e. The van der Waals surface area contributed by atoms with Gasteiger partial charge in [-0.05, 0) is 19.3 Å². The summed E-state index contributed by atoms with van der Waals surface area (Å²) in [6.45, 7) is -1.60. The Bertz CT molecular complexity index is 224. The quantitative estimate of drug-likeness (QED) is 0.486. The Morgan fingerprint density at radius 3 is 2.13 bits per heavy atom. The van der Waals surface area contributed by atoms with Crippen LogP contribution in [0.1, 0.15) is 25.7 Å². The predicted molar refractivity (Wildman–Crippen MR) is 40.5 cm³/mol. The van der Waals surface area contributed by atoms with E-state index in [1.807, 2.05) is 0 Å². The molecule has 0 aliphatic heterocycles.